The first-order chi connectivity index (χ1) is 12.6. The van der Waals surface area contributed by atoms with E-state index in [-0.39, 0.29) is 24.1 Å². The van der Waals surface area contributed by atoms with Gasteiger partial charge < -0.3 is 9.88 Å². The maximum atomic E-state index is 14.3. The van der Waals surface area contributed by atoms with Gasteiger partial charge >= 0.3 is 0 Å². The standard InChI is InChI=1S/C21H22FN3O/c1-16-23-11-13-25(16)14-12-24-21(26)15-19(17-7-3-2-4-8-17)18-9-5-6-10-20(18)22/h2-11,13,19H,12,14-15H2,1H3,(H,24,26)/t19-/m0/s1. The topological polar surface area (TPSA) is 46.9 Å². The first-order valence-corrected chi connectivity index (χ1v) is 8.69. The number of rotatable bonds is 7. The molecule has 0 radical (unpaired) electrons. The Labute approximate surface area is 152 Å². The van der Waals surface area contributed by atoms with Crippen molar-refractivity contribution in [3.05, 3.63) is 89.8 Å². The normalized spacial score (nSPS) is 11.9. The van der Waals surface area contributed by atoms with E-state index in [9.17, 15) is 9.18 Å². The fraction of sp³-hybridized carbons (Fsp3) is 0.238. The van der Waals surface area contributed by atoms with Gasteiger partial charge in [-0.1, -0.05) is 48.5 Å². The summed E-state index contributed by atoms with van der Waals surface area (Å²) in [7, 11) is 0. The molecule has 0 spiro atoms. The van der Waals surface area contributed by atoms with Crippen LogP contribution in [-0.4, -0.2) is 22.0 Å². The van der Waals surface area contributed by atoms with Crippen LogP contribution in [0.25, 0.3) is 0 Å². The summed E-state index contributed by atoms with van der Waals surface area (Å²) in [5, 5.41) is 2.93. The van der Waals surface area contributed by atoms with Crippen molar-refractivity contribution in [2.75, 3.05) is 6.54 Å². The Kier molecular flexibility index (Phi) is 5.79. The molecule has 1 N–H and O–H groups in total. The minimum atomic E-state index is -0.313. The molecule has 1 atom stereocenters. The maximum Gasteiger partial charge on any atom is 0.221 e. The number of benzene rings is 2. The molecule has 4 nitrogen and oxygen atoms in total. The zero-order valence-electron chi connectivity index (χ0n) is 14.7. The van der Waals surface area contributed by atoms with Crippen molar-refractivity contribution in [2.24, 2.45) is 0 Å². The van der Waals surface area contributed by atoms with E-state index in [2.05, 4.69) is 10.3 Å². The average molecular weight is 351 g/mol. The van der Waals surface area contributed by atoms with Crippen LogP contribution in [0.15, 0.2) is 67.0 Å². The third-order valence-electron chi connectivity index (χ3n) is 4.47. The zero-order chi connectivity index (χ0) is 18.4. The predicted molar refractivity (Wildman–Crippen MR) is 99.3 cm³/mol. The van der Waals surface area contributed by atoms with Gasteiger partial charge in [0, 0.05) is 37.8 Å². The Bertz CT molecular complexity index is 860. The van der Waals surface area contributed by atoms with Crippen molar-refractivity contribution in [3.63, 3.8) is 0 Å². The van der Waals surface area contributed by atoms with E-state index in [4.69, 9.17) is 0 Å². The van der Waals surface area contributed by atoms with Crippen LogP contribution in [0.3, 0.4) is 0 Å². The number of hydrogen-bond donors (Lipinski definition) is 1. The molecule has 0 aliphatic heterocycles. The summed E-state index contributed by atoms with van der Waals surface area (Å²) < 4.78 is 16.3. The zero-order valence-corrected chi connectivity index (χ0v) is 14.7. The molecule has 3 aromatic rings. The summed E-state index contributed by atoms with van der Waals surface area (Å²) in [5.74, 6) is 0.211. The second-order valence-electron chi connectivity index (χ2n) is 6.21. The lowest BCUT2D eigenvalue weighted by Crippen LogP contribution is -2.29. The molecular formula is C21H22FN3O. The summed E-state index contributed by atoms with van der Waals surface area (Å²) in [6.07, 6.45) is 3.82. The Morgan fingerprint density at radius 1 is 1.15 bits per heavy atom. The predicted octanol–water partition coefficient (Wildman–Crippen LogP) is 3.67. The van der Waals surface area contributed by atoms with E-state index < -0.39 is 0 Å². The van der Waals surface area contributed by atoms with Crippen LogP contribution in [0.1, 0.15) is 29.3 Å². The first kappa shape index (κ1) is 17.9. The number of halogens is 1. The summed E-state index contributed by atoms with van der Waals surface area (Å²) in [6, 6.07) is 16.2. The van der Waals surface area contributed by atoms with Crippen molar-refractivity contribution in [2.45, 2.75) is 25.8 Å². The second kappa shape index (κ2) is 8.43. The molecule has 2 aromatic carbocycles. The highest BCUT2D eigenvalue weighted by Crippen LogP contribution is 2.29. The fourth-order valence-corrected chi connectivity index (χ4v) is 3.06. The van der Waals surface area contributed by atoms with Crippen LogP contribution in [0.4, 0.5) is 4.39 Å². The Balaban J connectivity index is 1.69. The van der Waals surface area contributed by atoms with E-state index in [0.29, 0.717) is 18.7 Å². The highest BCUT2D eigenvalue weighted by Gasteiger charge is 2.20. The average Bonchev–Trinajstić information content (AvgIpc) is 3.06. The van der Waals surface area contributed by atoms with Crippen LogP contribution in [0, 0.1) is 12.7 Å². The van der Waals surface area contributed by atoms with Crippen molar-refractivity contribution in [1.29, 1.82) is 0 Å². The number of carbonyl (C=O) groups excluding carboxylic acids is 1. The number of carbonyl (C=O) groups is 1. The van der Waals surface area contributed by atoms with Gasteiger partial charge in [0.2, 0.25) is 5.91 Å². The van der Waals surface area contributed by atoms with Crippen LogP contribution in [0.2, 0.25) is 0 Å². The van der Waals surface area contributed by atoms with E-state index in [1.54, 1.807) is 24.4 Å². The number of aryl methyl sites for hydroxylation is 1. The SMILES string of the molecule is Cc1nccn1CCNC(=O)C[C@@H](c1ccccc1)c1ccccc1F. The highest BCUT2D eigenvalue weighted by atomic mass is 19.1. The molecule has 1 aromatic heterocycles. The molecule has 26 heavy (non-hydrogen) atoms. The Morgan fingerprint density at radius 2 is 1.88 bits per heavy atom. The molecule has 0 bridgehead atoms. The van der Waals surface area contributed by atoms with Crippen LogP contribution in [-0.2, 0) is 11.3 Å². The second-order valence-corrected chi connectivity index (χ2v) is 6.21. The van der Waals surface area contributed by atoms with Crippen molar-refractivity contribution in [3.8, 4) is 0 Å². The summed E-state index contributed by atoms with van der Waals surface area (Å²) in [5.41, 5.74) is 1.47. The van der Waals surface area contributed by atoms with Gasteiger partial charge in [0.05, 0.1) is 0 Å². The third kappa shape index (κ3) is 4.36. The summed E-state index contributed by atoms with van der Waals surface area (Å²) in [6.45, 7) is 3.09. The highest BCUT2D eigenvalue weighted by molar-refractivity contribution is 5.77. The monoisotopic (exact) mass is 351 g/mol. The summed E-state index contributed by atoms with van der Waals surface area (Å²) >= 11 is 0. The smallest absolute Gasteiger partial charge is 0.221 e. The number of aromatic nitrogens is 2. The molecule has 3 rings (SSSR count). The van der Waals surface area contributed by atoms with Gasteiger partial charge in [-0.3, -0.25) is 4.79 Å². The molecule has 134 valence electrons. The van der Waals surface area contributed by atoms with Gasteiger partial charge in [0.15, 0.2) is 0 Å². The molecule has 0 fully saturated rings. The molecular weight excluding hydrogens is 329 g/mol. The molecule has 0 saturated carbocycles. The fourth-order valence-electron chi connectivity index (χ4n) is 3.06. The summed E-state index contributed by atoms with van der Waals surface area (Å²) in [4.78, 5) is 16.6. The quantitative estimate of drug-likeness (QED) is 0.706. The van der Waals surface area contributed by atoms with Crippen LogP contribution in [0.5, 0.6) is 0 Å². The lowest BCUT2D eigenvalue weighted by Gasteiger charge is -2.18. The van der Waals surface area contributed by atoms with Gasteiger partial charge in [-0.15, -0.1) is 0 Å². The van der Waals surface area contributed by atoms with Gasteiger partial charge in [0.1, 0.15) is 11.6 Å². The van der Waals surface area contributed by atoms with E-state index in [1.165, 1.54) is 6.07 Å². The molecule has 5 heteroatoms. The van der Waals surface area contributed by atoms with Gasteiger partial charge in [0.25, 0.3) is 0 Å². The van der Waals surface area contributed by atoms with Crippen molar-refractivity contribution in [1.82, 2.24) is 14.9 Å². The molecule has 1 amide bonds. The third-order valence-corrected chi connectivity index (χ3v) is 4.47. The van der Waals surface area contributed by atoms with E-state index in [1.807, 2.05) is 48.0 Å². The minimum absolute atomic E-state index is 0.0973. The van der Waals surface area contributed by atoms with Gasteiger partial charge in [-0.2, -0.15) is 0 Å². The van der Waals surface area contributed by atoms with Gasteiger partial charge in [-0.05, 0) is 24.1 Å². The largest absolute Gasteiger partial charge is 0.354 e. The number of imidazole rings is 1. The van der Waals surface area contributed by atoms with Crippen molar-refractivity contribution >= 4 is 5.91 Å². The molecule has 0 saturated heterocycles. The van der Waals surface area contributed by atoms with Crippen LogP contribution < -0.4 is 5.32 Å². The van der Waals surface area contributed by atoms with E-state index in [0.717, 1.165) is 11.4 Å². The van der Waals surface area contributed by atoms with Gasteiger partial charge in [-0.25, -0.2) is 9.37 Å². The Morgan fingerprint density at radius 3 is 2.58 bits per heavy atom. The van der Waals surface area contributed by atoms with Crippen molar-refractivity contribution < 1.29 is 9.18 Å². The lowest BCUT2D eigenvalue weighted by molar-refractivity contribution is -0.121. The number of nitrogens with zero attached hydrogens (tertiary/aromatic N) is 2. The first-order valence-electron chi connectivity index (χ1n) is 8.69. The number of amides is 1. The minimum Gasteiger partial charge on any atom is -0.354 e. The molecule has 0 aliphatic carbocycles. The number of nitrogens with one attached hydrogen (secondary N) is 1. The maximum absolute atomic E-state index is 14.3. The molecule has 0 aliphatic rings. The number of hydrogen-bond acceptors (Lipinski definition) is 2. The lowest BCUT2D eigenvalue weighted by atomic mass is 9.88. The molecule has 0 unspecified atom stereocenters. The van der Waals surface area contributed by atoms with Crippen LogP contribution >= 0.6 is 0 Å². The molecule has 1 heterocycles. The Hall–Kier alpha value is -2.95. The van der Waals surface area contributed by atoms with E-state index >= 15 is 0 Å².